The second kappa shape index (κ2) is 4.53. The fraction of sp³-hybridized carbons (Fsp3) is 0.417. The van der Waals surface area contributed by atoms with Gasteiger partial charge in [0.2, 0.25) is 0 Å². The summed E-state index contributed by atoms with van der Waals surface area (Å²) in [5.41, 5.74) is 1.98. The second-order valence-corrected chi connectivity index (χ2v) is 4.04. The standard InChI is InChI=1S/C12H15N3O2/c1-4-17-12(16)9-7-11-13-6-5-10(8(2)3)15(11)14-9/h5-8H,4H2,1-3H3. The van der Waals surface area contributed by atoms with Crippen LogP contribution in [0.5, 0.6) is 0 Å². The molecule has 2 rings (SSSR count). The van der Waals surface area contributed by atoms with Gasteiger partial charge in [-0.2, -0.15) is 5.10 Å². The lowest BCUT2D eigenvalue weighted by molar-refractivity contribution is 0.0519. The molecule has 0 unspecified atom stereocenters. The van der Waals surface area contributed by atoms with E-state index in [-0.39, 0.29) is 0 Å². The fourth-order valence-corrected chi connectivity index (χ4v) is 1.66. The normalized spacial score (nSPS) is 11.1. The van der Waals surface area contributed by atoms with E-state index in [0.717, 1.165) is 5.69 Å². The van der Waals surface area contributed by atoms with Gasteiger partial charge in [-0.1, -0.05) is 13.8 Å². The van der Waals surface area contributed by atoms with E-state index >= 15 is 0 Å². The Bertz CT molecular complexity index is 546. The summed E-state index contributed by atoms with van der Waals surface area (Å²) in [7, 11) is 0. The highest BCUT2D eigenvalue weighted by molar-refractivity contribution is 5.88. The summed E-state index contributed by atoms with van der Waals surface area (Å²) in [5, 5.41) is 4.23. The molecule has 0 saturated carbocycles. The van der Waals surface area contributed by atoms with Gasteiger partial charge in [-0.15, -0.1) is 0 Å². The number of nitrogens with zero attached hydrogens (tertiary/aromatic N) is 3. The minimum atomic E-state index is -0.410. The Morgan fingerprint density at radius 3 is 2.94 bits per heavy atom. The largest absolute Gasteiger partial charge is 0.461 e. The molecule has 0 aliphatic carbocycles. The van der Waals surface area contributed by atoms with Crippen molar-refractivity contribution in [2.75, 3.05) is 6.61 Å². The third-order valence-corrected chi connectivity index (χ3v) is 2.46. The van der Waals surface area contributed by atoms with Crippen LogP contribution in [0.25, 0.3) is 5.65 Å². The van der Waals surface area contributed by atoms with Crippen molar-refractivity contribution in [3.63, 3.8) is 0 Å². The molecule has 2 aromatic heterocycles. The molecule has 17 heavy (non-hydrogen) atoms. The van der Waals surface area contributed by atoms with Crippen molar-refractivity contribution in [1.82, 2.24) is 14.6 Å². The van der Waals surface area contributed by atoms with E-state index in [1.54, 1.807) is 23.7 Å². The number of rotatable bonds is 3. The maximum Gasteiger partial charge on any atom is 0.358 e. The summed E-state index contributed by atoms with van der Waals surface area (Å²) < 4.78 is 6.61. The Balaban J connectivity index is 2.50. The van der Waals surface area contributed by atoms with E-state index in [1.807, 2.05) is 6.07 Å². The molecule has 0 spiro atoms. The first-order valence-corrected chi connectivity index (χ1v) is 5.65. The zero-order valence-corrected chi connectivity index (χ0v) is 10.2. The molecule has 0 bridgehead atoms. The van der Waals surface area contributed by atoms with E-state index in [4.69, 9.17) is 4.74 Å². The van der Waals surface area contributed by atoms with Crippen molar-refractivity contribution < 1.29 is 9.53 Å². The van der Waals surface area contributed by atoms with Gasteiger partial charge < -0.3 is 4.74 Å². The van der Waals surface area contributed by atoms with Crippen molar-refractivity contribution >= 4 is 11.6 Å². The van der Waals surface area contributed by atoms with Crippen LogP contribution in [0.1, 0.15) is 42.9 Å². The summed E-state index contributed by atoms with van der Waals surface area (Å²) in [5.74, 6) is -0.0943. The number of esters is 1. The van der Waals surface area contributed by atoms with Crippen molar-refractivity contribution in [1.29, 1.82) is 0 Å². The molecule has 2 heterocycles. The topological polar surface area (TPSA) is 56.5 Å². The molecule has 5 nitrogen and oxygen atoms in total. The average molecular weight is 233 g/mol. The van der Waals surface area contributed by atoms with E-state index < -0.39 is 5.97 Å². The highest BCUT2D eigenvalue weighted by Crippen LogP contribution is 2.15. The number of aromatic nitrogens is 3. The Morgan fingerprint density at radius 2 is 2.29 bits per heavy atom. The van der Waals surface area contributed by atoms with Gasteiger partial charge in [0.15, 0.2) is 11.3 Å². The monoisotopic (exact) mass is 233 g/mol. The predicted octanol–water partition coefficient (Wildman–Crippen LogP) is 2.03. The SMILES string of the molecule is CCOC(=O)c1cc2nccc(C(C)C)n2n1. The lowest BCUT2D eigenvalue weighted by Crippen LogP contribution is -2.07. The zero-order chi connectivity index (χ0) is 12.4. The van der Waals surface area contributed by atoms with Crippen LogP contribution in [-0.4, -0.2) is 27.2 Å². The first-order chi connectivity index (χ1) is 8.13. The van der Waals surface area contributed by atoms with Gasteiger partial charge in [-0.3, -0.25) is 0 Å². The van der Waals surface area contributed by atoms with Crippen LogP contribution in [0.2, 0.25) is 0 Å². The lowest BCUT2D eigenvalue weighted by Gasteiger charge is -2.06. The van der Waals surface area contributed by atoms with E-state index in [9.17, 15) is 4.79 Å². The van der Waals surface area contributed by atoms with Crippen LogP contribution in [0, 0.1) is 0 Å². The van der Waals surface area contributed by atoms with Crippen molar-refractivity contribution in [3.8, 4) is 0 Å². The molecule has 5 heteroatoms. The Kier molecular flexibility index (Phi) is 3.08. The summed E-state index contributed by atoms with van der Waals surface area (Å²) in [6.07, 6.45) is 1.72. The molecule has 0 aliphatic heterocycles. The van der Waals surface area contributed by atoms with Crippen molar-refractivity contribution in [3.05, 3.63) is 29.7 Å². The van der Waals surface area contributed by atoms with E-state index in [2.05, 4.69) is 23.9 Å². The van der Waals surface area contributed by atoms with Crippen LogP contribution in [-0.2, 0) is 4.74 Å². The van der Waals surface area contributed by atoms with Crippen LogP contribution in [0.4, 0.5) is 0 Å². The molecular weight excluding hydrogens is 218 g/mol. The third kappa shape index (κ3) is 2.13. The van der Waals surface area contributed by atoms with Crippen LogP contribution >= 0.6 is 0 Å². The first-order valence-electron chi connectivity index (χ1n) is 5.65. The summed E-state index contributed by atoms with van der Waals surface area (Å²) >= 11 is 0. The van der Waals surface area contributed by atoms with Crippen molar-refractivity contribution in [2.24, 2.45) is 0 Å². The Hall–Kier alpha value is -1.91. The van der Waals surface area contributed by atoms with Gasteiger partial charge >= 0.3 is 5.97 Å². The zero-order valence-electron chi connectivity index (χ0n) is 10.2. The van der Waals surface area contributed by atoms with Crippen LogP contribution in [0.15, 0.2) is 18.3 Å². The fourth-order valence-electron chi connectivity index (χ4n) is 1.66. The summed E-state index contributed by atoms with van der Waals surface area (Å²) in [6, 6.07) is 3.55. The molecule has 0 amide bonds. The molecule has 0 fully saturated rings. The molecule has 0 N–H and O–H groups in total. The van der Waals surface area contributed by atoms with E-state index in [1.165, 1.54) is 0 Å². The molecule has 0 radical (unpaired) electrons. The van der Waals surface area contributed by atoms with Gasteiger partial charge in [0.1, 0.15) is 0 Å². The van der Waals surface area contributed by atoms with Gasteiger partial charge in [0.25, 0.3) is 0 Å². The molecule has 0 aromatic carbocycles. The number of carbonyl (C=O) groups excluding carboxylic acids is 1. The number of ether oxygens (including phenoxy) is 1. The minimum Gasteiger partial charge on any atom is -0.461 e. The summed E-state index contributed by atoms with van der Waals surface area (Å²) in [6.45, 7) is 6.25. The number of carbonyl (C=O) groups is 1. The first kappa shape index (κ1) is 11.6. The van der Waals surface area contributed by atoms with Gasteiger partial charge in [-0.05, 0) is 18.9 Å². The molecule has 0 saturated heterocycles. The Morgan fingerprint density at radius 1 is 1.53 bits per heavy atom. The number of fused-ring (bicyclic) bond motifs is 1. The second-order valence-electron chi connectivity index (χ2n) is 4.04. The molecule has 2 aromatic rings. The number of hydrogen-bond donors (Lipinski definition) is 0. The highest BCUT2D eigenvalue weighted by atomic mass is 16.5. The minimum absolute atomic E-state index is 0.299. The molecule has 90 valence electrons. The smallest absolute Gasteiger partial charge is 0.358 e. The van der Waals surface area contributed by atoms with Crippen LogP contribution in [0.3, 0.4) is 0 Å². The maximum atomic E-state index is 11.6. The van der Waals surface area contributed by atoms with Gasteiger partial charge in [0.05, 0.1) is 6.61 Å². The van der Waals surface area contributed by atoms with E-state index in [0.29, 0.717) is 23.9 Å². The van der Waals surface area contributed by atoms with Gasteiger partial charge in [0, 0.05) is 18.0 Å². The highest BCUT2D eigenvalue weighted by Gasteiger charge is 2.14. The van der Waals surface area contributed by atoms with Gasteiger partial charge in [-0.25, -0.2) is 14.3 Å². The molecule has 0 atom stereocenters. The molecule has 0 aliphatic rings. The summed E-state index contributed by atoms with van der Waals surface area (Å²) in [4.78, 5) is 15.7. The third-order valence-electron chi connectivity index (χ3n) is 2.46. The number of hydrogen-bond acceptors (Lipinski definition) is 4. The maximum absolute atomic E-state index is 11.6. The average Bonchev–Trinajstić information content (AvgIpc) is 2.72. The van der Waals surface area contributed by atoms with Crippen molar-refractivity contribution in [2.45, 2.75) is 26.7 Å². The lowest BCUT2D eigenvalue weighted by atomic mass is 10.1. The van der Waals surface area contributed by atoms with Crippen LogP contribution < -0.4 is 0 Å². The quantitative estimate of drug-likeness (QED) is 0.761. The molecular formula is C12H15N3O2. The Labute approximate surface area is 99.4 Å². The predicted molar refractivity (Wildman–Crippen MR) is 63.0 cm³/mol.